The smallest absolute Gasteiger partial charge is 0.359 e. The van der Waals surface area contributed by atoms with Crippen molar-refractivity contribution in [2.75, 3.05) is 27.6 Å². The molecule has 3 aromatic rings. The Morgan fingerprint density at radius 2 is 1.31 bits per heavy atom. The zero-order valence-electron chi connectivity index (χ0n) is 26.2. The minimum absolute atomic E-state index is 0.0301. The van der Waals surface area contributed by atoms with E-state index < -0.39 is 30.2 Å². The maximum Gasteiger partial charge on any atom is 0.438 e. The maximum atomic E-state index is 13.7. The lowest BCUT2D eigenvalue weighted by Crippen LogP contribution is -2.58. The van der Waals surface area contributed by atoms with E-state index in [1.165, 1.54) is 19.1 Å². The van der Waals surface area contributed by atoms with Crippen LogP contribution in [0, 0.1) is 25.7 Å². The predicted molar refractivity (Wildman–Crippen MR) is 161 cm³/mol. The number of aryl methyl sites for hydroxylation is 2. The summed E-state index contributed by atoms with van der Waals surface area (Å²) in [6.07, 6.45) is -9.56. The zero-order chi connectivity index (χ0) is 33.5. The summed E-state index contributed by atoms with van der Waals surface area (Å²) in [6, 6.07) is 19.5. The largest absolute Gasteiger partial charge is 0.438 e. The van der Waals surface area contributed by atoms with Crippen LogP contribution in [0.15, 0.2) is 60.7 Å². The molecule has 0 aliphatic rings. The van der Waals surface area contributed by atoms with Gasteiger partial charge in [-0.1, -0.05) is 74.4 Å². The molecule has 0 saturated carbocycles. The van der Waals surface area contributed by atoms with E-state index in [1.54, 1.807) is 19.1 Å². The molecule has 0 unspecified atom stereocenters. The van der Waals surface area contributed by atoms with Gasteiger partial charge in [-0.25, -0.2) is 9.78 Å². The van der Waals surface area contributed by atoms with E-state index in [2.05, 4.69) is 76.6 Å². The molecule has 0 aliphatic carbocycles. The van der Waals surface area contributed by atoms with E-state index >= 15 is 0 Å². The molecule has 244 valence electrons. The summed E-state index contributed by atoms with van der Waals surface area (Å²) in [5.41, 5.74) is 1.61. The number of rotatable bonds is 12. The molecule has 0 amide bonds. The normalized spacial score (nSPS) is 12.6. The molecule has 0 saturated heterocycles. The minimum atomic E-state index is -5.85. The molecule has 0 fully saturated rings. The second-order valence-corrected chi connectivity index (χ2v) is 10.8. The van der Waals surface area contributed by atoms with Crippen molar-refractivity contribution >= 4 is 0 Å². The van der Waals surface area contributed by atoms with Gasteiger partial charge in [0.15, 0.2) is 0 Å². The van der Waals surface area contributed by atoms with Crippen LogP contribution in [-0.2, 0) is 31.1 Å². The Morgan fingerprint density at radius 1 is 0.733 bits per heavy atom. The quantitative estimate of drug-likeness (QED) is 0.0497. The summed E-state index contributed by atoms with van der Waals surface area (Å²) >= 11 is 0. The highest BCUT2D eigenvalue weighted by Gasteiger charge is 2.72. The van der Waals surface area contributed by atoms with E-state index in [0.717, 1.165) is 46.9 Å². The van der Waals surface area contributed by atoms with Crippen LogP contribution in [0.25, 0.3) is 11.1 Å². The van der Waals surface area contributed by atoms with Crippen molar-refractivity contribution in [2.45, 2.75) is 70.3 Å². The van der Waals surface area contributed by atoms with Crippen LogP contribution in [0.1, 0.15) is 60.1 Å². The van der Waals surface area contributed by atoms with E-state index in [-0.39, 0.29) is 5.56 Å². The zero-order valence-corrected chi connectivity index (χ0v) is 26.2. The molecule has 0 spiro atoms. The van der Waals surface area contributed by atoms with E-state index in [9.17, 15) is 26.3 Å². The number of benzene rings is 3. The third kappa shape index (κ3) is 7.72. The molecular formula is C35H38F6O4. The highest BCUT2D eigenvalue weighted by Crippen LogP contribution is 2.46. The number of halogens is 6. The van der Waals surface area contributed by atoms with Gasteiger partial charge in [0.2, 0.25) is 0 Å². The number of hydrogen-bond acceptors (Lipinski definition) is 4. The molecular weight excluding hydrogens is 598 g/mol. The lowest BCUT2D eigenvalue weighted by molar-refractivity contribution is -0.368. The Hall–Kier alpha value is -3.36. The van der Waals surface area contributed by atoms with Crippen molar-refractivity contribution in [3.63, 3.8) is 0 Å². The third-order valence-electron chi connectivity index (χ3n) is 8.19. The molecule has 45 heavy (non-hydrogen) atoms. The van der Waals surface area contributed by atoms with Crippen molar-refractivity contribution in [3.05, 3.63) is 94.0 Å². The van der Waals surface area contributed by atoms with Crippen LogP contribution in [0.5, 0.6) is 0 Å². The number of ether oxygens (including phenoxy) is 2. The van der Waals surface area contributed by atoms with Gasteiger partial charge in [-0.15, -0.1) is 0 Å². The summed E-state index contributed by atoms with van der Waals surface area (Å²) < 4.78 is 90.9. The first-order valence-corrected chi connectivity index (χ1v) is 14.5. The van der Waals surface area contributed by atoms with Gasteiger partial charge >= 0.3 is 18.0 Å². The molecule has 10 heteroatoms. The highest BCUT2D eigenvalue weighted by molar-refractivity contribution is 5.68. The number of methoxy groups -OCH3 is 1. The monoisotopic (exact) mass is 636 g/mol. The highest BCUT2D eigenvalue weighted by atomic mass is 19.4. The van der Waals surface area contributed by atoms with E-state index in [0.29, 0.717) is 25.0 Å². The van der Waals surface area contributed by atoms with Gasteiger partial charge in [0.1, 0.15) is 6.79 Å². The van der Waals surface area contributed by atoms with Crippen molar-refractivity contribution in [1.82, 2.24) is 0 Å². The van der Waals surface area contributed by atoms with Gasteiger partial charge in [-0.2, -0.15) is 26.3 Å². The molecule has 0 atom stereocenters. The van der Waals surface area contributed by atoms with Gasteiger partial charge in [0, 0.05) is 18.1 Å². The molecule has 0 N–H and O–H groups in total. The summed E-state index contributed by atoms with van der Waals surface area (Å²) in [4.78, 5) is 9.59. The molecule has 0 radical (unpaired) electrons. The van der Waals surface area contributed by atoms with Crippen LogP contribution in [-0.4, -0.2) is 45.6 Å². The molecule has 3 aromatic carbocycles. The molecule has 0 aliphatic heterocycles. The van der Waals surface area contributed by atoms with Crippen LogP contribution >= 0.6 is 0 Å². The fourth-order valence-corrected chi connectivity index (χ4v) is 5.52. The maximum absolute atomic E-state index is 13.7. The number of alkyl halides is 6. The number of hydrogen-bond donors (Lipinski definition) is 0. The lowest BCUT2D eigenvalue weighted by atomic mass is 9.69. The molecule has 0 heterocycles. The first-order chi connectivity index (χ1) is 21.2. The van der Waals surface area contributed by atoms with Crippen LogP contribution < -0.4 is 0 Å². The summed E-state index contributed by atoms with van der Waals surface area (Å²) in [7, 11) is 2.40. The topological polar surface area (TPSA) is 36.9 Å². The first-order valence-electron chi connectivity index (χ1n) is 14.5. The Kier molecular flexibility index (Phi) is 11.9. The Bertz CT molecular complexity index is 1470. The molecule has 4 nitrogen and oxygen atoms in total. The first kappa shape index (κ1) is 36.1. The van der Waals surface area contributed by atoms with E-state index in [4.69, 9.17) is 4.89 Å². The van der Waals surface area contributed by atoms with Crippen LogP contribution in [0.3, 0.4) is 0 Å². The van der Waals surface area contributed by atoms with Crippen molar-refractivity contribution in [3.8, 4) is 23.0 Å². The molecule has 3 rings (SSSR count). The summed E-state index contributed by atoms with van der Waals surface area (Å²) in [5, 5.41) is 0. The van der Waals surface area contributed by atoms with Gasteiger partial charge in [-0.05, 0) is 84.0 Å². The standard InChI is InChI=1S/C35H38F6O4/c1-7-32(8-2,30-15-16-31(25(4)22-30)28-11-9-26(10-12-28)18-20-45-43-6)29-14-13-27(24(3)21-29)17-19-33(34(36,37)38,35(39,40)41)44-23-42-5/h9-16,21-22H,7-8,18,20,23H2,1-6H3. The molecule has 0 bridgehead atoms. The van der Waals surface area contributed by atoms with Crippen molar-refractivity contribution < 1.29 is 45.6 Å². The van der Waals surface area contributed by atoms with Crippen LogP contribution in [0.2, 0.25) is 0 Å². The van der Waals surface area contributed by atoms with Gasteiger partial charge in [0.05, 0.1) is 13.7 Å². The summed E-state index contributed by atoms with van der Waals surface area (Å²) in [6.45, 7) is 6.97. The van der Waals surface area contributed by atoms with Crippen LogP contribution in [0.4, 0.5) is 26.3 Å². The second kappa shape index (κ2) is 14.8. The molecule has 0 aromatic heterocycles. The minimum Gasteiger partial charge on any atom is -0.359 e. The predicted octanol–water partition coefficient (Wildman–Crippen LogP) is 9.03. The average molecular weight is 637 g/mol. The fourth-order valence-electron chi connectivity index (χ4n) is 5.52. The van der Waals surface area contributed by atoms with E-state index in [1.807, 2.05) is 6.92 Å². The Morgan fingerprint density at radius 3 is 1.80 bits per heavy atom. The lowest BCUT2D eigenvalue weighted by Gasteiger charge is -2.34. The Balaban J connectivity index is 2.00. The summed E-state index contributed by atoms with van der Waals surface area (Å²) in [5.74, 6) is 3.45. The fraction of sp³-hybridized carbons (Fsp3) is 0.429. The second-order valence-electron chi connectivity index (χ2n) is 10.8. The average Bonchev–Trinajstić information content (AvgIpc) is 2.98. The van der Waals surface area contributed by atoms with Crippen molar-refractivity contribution in [2.24, 2.45) is 0 Å². The van der Waals surface area contributed by atoms with Gasteiger partial charge < -0.3 is 9.47 Å². The SMILES string of the molecule is CCC(CC)(c1ccc(C#CC(OCOC)(C(F)(F)F)C(F)(F)F)c(C)c1)c1ccc(-c2ccc(CCOOC)cc2)c(C)c1. The van der Waals surface area contributed by atoms with Gasteiger partial charge in [0.25, 0.3) is 0 Å². The Labute approximate surface area is 260 Å². The van der Waals surface area contributed by atoms with Crippen molar-refractivity contribution in [1.29, 1.82) is 0 Å². The third-order valence-corrected chi connectivity index (χ3v) is 8.19. The van der Waals surface area contributed by atoms with Gasteiger partial charge in [-0.3, -0.25) is 0 Å².